The number of rotatable bonds is 11. The molecule has 0 spiro atoms. The van der Waals surface area contributed by atoms with Crippen LogP contribution >= 0.6 is 0 Å². The highest BCUT2D eigenvalue weighted by Crippen LogP contribution is 2.46. The summed E-state index contributed by atoms with van der Waals surface area (Å²) >= 11 is 0. The predicted molar refractivity (Wildman–Crippen MR) is 159 cm³/mol. The first kappa shape index (κ1) is 25.0. The van der Waals surface area contributed by atoms with Crippen LogP contribution in [0, 0.1) is 0 Å². The molecule has 0 saturated carbocycles. The minimum atomic E-state index is -0.830. The first-order valence-electron chi connectivity index (χ1n) is 14.1. The zero-order chi connectivity index (χ0) is 26.5. The lowest BCUT2D eigenvalue weighted by atomic mass is 9.80. The van der Waals surface area contributed by atoms with E-state index in [2.05, 4.69) is 124 Å². The van der Waals surface area contributed by atoms with Crippen molar-refractivity contribution in [2.75, 3.05) is 6.54 Å². The fourth-order valence-corrected chi connectivity index (χ4v) is 5.70. The number of fused-ring (bicyclic) bond motifs is 2. The lowest BCUT2D eigenvalue weighted by molar-refractivity contribution is 0.460. The van der Waals surface area contributed by atoms with Gasteiger partial charge in [0.1, 0.15) is 5.82 Å². The van der Waals surface area contributed by atoms with E-state index in [9.17, 15) is 0 Å². The molecule has 39 heavy (non-hydrogen) atoms. The number of nitrogens with one attached hydrogen (secondary N) is 4. The highest BCUT2D eigenvalue weighted by atomic mass is 15.5. The van der Waals surface area contributed by atoms with Gasteiger partial charge in [0.25, 0.3) is 0 Å². The number of aromatic amines is 2. The maximum absolute atomic E-state index is 5.05. The molecule has 3 heterocycles. The van der Waals surface area contributed by atoms with Crippen LogP contribution in [-0.4, -0.2) is 16.5 Å². The standard InChI is InChI=1S/C33H36N6/c1-2-3-4-12-21-34-32-27(20-19-24-13-6-5-7-14-24)33(38-39-37-32,30-22-25-15-8-10-17-28(25)35-30)31-23-26-16-9-11-18-29(26)36-31/h5-11,13-18,22-23,34-36H,2-4,12,19-21H2,1H3,(H,37,38). The van der Waals surface area contributed by atoms with E-state index in [1.54, 1.807) is 0 Å². The molecule has 0 unspecified atom stereocenters. The van der Waals surface area contributed by atoms with Crippen LogP contribution in [0.15, 0.2) is 113 Å². The topological polar surface area (TPSA) is 80.4 Å². The van der Waals surface area contributed by atoms with E-state index in [-0.39, 0.29) is 0 Å². The molecule has 0 radical (unpaired) electrons. The number of aromatic nitrogens is 2. The number of para-hydroxylation sites is 2. The van der Waals surface area contributed by atoms with Crippen molar-refractivity contribution in [3.8, 4) is 0 Å². The van der Waals surface area contributed by atoms with Crippen molar-refractivity contribution in [1.29, 1.82) is 0 Å². The van der Waals surface area contributed by atoms with Gasteiger partial charge in [-0.15, -0.1) is 5.11 Å². The van der Waals surface area contributed by atoms with E-state index in [1.807, 2.05) is 0 Å². The van der Waals surface area contributed by atoms with E-state index < -0.39 is 5.54 Å². The highest BCUT2D eigenvalue weighted by Gasteiger charge is 2.45. The molecule has 198 valence electrons. The summed E-state index contributed by atoms with van der Waals surface area (Å²) in [5, 5.41) is 15.6. The Morgan fingerprint density at radius 2 is 1.36 bits per heavy atom. The number of unbranched alkanes of at least 4 members (excludes halogenated alkanes) is 3. The van der Waals surface area contributed by atoms with Crippen LogP contribution < -0.4 is 10.7 Å². The summed E-state index contributed by atoms with van der Waals surface area (Å²) in [5.41, 5.74) is 9.10. The van der Waals surface area contributed by atoms with E-state index >= 15 is 0 Å². The number of benzene rings is 3. The number of H-pyrrole nitrogens is 2. The van der Waals surface area contributed by atoms with Crippen LogP contribution in [0.3, 0.4) is 0 Å². The number of hydrogen-bond acceptors (Lipinski definition) is 4. The Hall–Kier alpha value is -4.32. The van der Waals surface area contributed by atoms with E-state index in [1.165, 1.54) is 30.4 Å². The first-order valence-corrected chi connectivity index (χ1v) is 14.1. The Bertz CT molecular complexity index is 1470. The van der Waals surface area contributed by atoms with Crippen molar-refractivity contribution in [1.82, 2.24) is 20.7 Å². The fraction of sp³-hybridized carbons (Fsp3) is 0.273. The molecule has 6 heteroatoms. The lowest BCUT2D eigenvalue weighted by Gasteiger charge is -2.35. The fourth-order valence-electron chi connectivity index (χ4n) is 5.70. The highest BCUT2D eigenvalue weighted by molar-refractivity contribution is 5.83. The van der Waals surface area contributed by atoms with Gasteiger partial charge >= 0.3 is 0 Å². The molecular weight excluding hydrogens is 480 g/mol. The van der Waals surface area contributed by atoms with Crippen molar-refractivity contribution in [2.45, 2.75) is 51.0 Å². The smallest absolute Gasteiger partial charge is 0.187 e. The first-order chi connectivity index (χ1) is 19.3. The van der Waals surface area contributed by atoms with Gasteiger partial charge < -0.3 is 15.3 Å². The Morgan fingerprint density at radius 3 is 2.00 bits per heavy atom. The van der Waals surface area contributed by atoms with Gasteiger partial charge in [-0.2, -0.15) is 0 Å². The van der Waals surface area contributed by atoms with Crippen molar-refractivity contribution in [2.24, 2.45) is 10.3 Å². The molecule has 2 aromatic heterocycles. The van der Waals surface area contributed by atoms with Crippen LogP contribution in [0.25, 0.3) is 21.8 Å². The van der Waals surface area contributed by atoms with Gasteiger partial charge in [-0.3, -0.25) is 0 Å². The molecule has 1 aliphatic heterocycles. The zero-order valence-electron chi connectivity index (χ0n) is 22.5. The van der Waals surface area contributed by atoms with Gasteiger partial charge in [0.05, 0.1) is 11.4 Å². The molecule has 0 amide bonds. The van der Waals surface area contributed by atoms with Crippen LogP contribution in [-0.2, 0) is 12.0 Å². The maximum Gasteiger partial charge on any atom is 0.187 e. The summed E-state index contributed by atoms with van der Waals surface area (Å²) in [6, 6.07) is 32.0. The third kappa shape index (κ3) is 4.94. The van der Waals surface area contributed by atoms with Crippen molar-refractivity contribution < 1.29 is 0 Å². The lowest BCUT2D eigenvalue weighted by Crippen LogP contribution is -2.39. The molecule has 3 aromatic carbocycles. The van der Waals surface area contributed by atoms with E-state index in [0.717, 1.165) is 64.8 Å². The summed E-state index contributed by atoms with van der Waals surface area (Å²) in [7, 11) is 0. The predicted octanol–water partition coefficient (Wildman–Crippen LogP) is 7.88. The summed E-state index contributed by atoms with van der Waals surface area (Å²) in [6.07, 6.45) is 6.53. The summed E-state index contributed by atoms with van der Waals surface area (Å²) in [6.45, 7) is 3.14. The minimum absolute atomic E-state index is 0.818. The summed E-state index contributed by atoms with van der Waals surface area (Å²) in [5.74, 6) is 0.953. The number of hydrogen-bond donors (Lipinski definition) is 4. The SMILES string of the molecule is CCCCCCNC1=C(CCc2ccccc2)C(c2cc3ccccc3[nH]2)(c2cc3ccccc3[nH]2)N=NN1. The van der Waals surface area contributed by atoms with E-state index in [0.29, 0.717) is 0 Å². The number of nitrogens with zero attached hydrogens (tertiary/aromatic N) is 2. The third-order valence-corrected chi connectivity index (χ3v) is 7.78. The van der Waals surface area contributed by atoms with Crippen LogP contribution in [0.4, 0.5) is 0 Å². The second-order valence-electron chi connectivity index (χ2n) is 10.4. The maximum atomic E-state index is 5.05. The van der Waals surface area contributed by atoms with Crippen molar-refractivity contribution in [3.63, 3.8) is 0 Å². The Labute approximate surface area is 229 Å². The Morgan fingerprint density at radius 1 is 0.718 bits per heavy atom. The Balaban J connectivity index is 1.50. The monoisotopic (exact) mass is 516 g/mol. The number of aryl methyl sites for hydroxylation is 1. The molecule has 0 fully saturated rings. The summed E-state index contributed by atoms with van der Waals surface area (Å²) in [4.78, 5) is 7.44. The quantitative estimate of drug-likeness (QED) is 0.135. The molecule has 1 aliphatic rings. The zero-order valence-corrected chi connectivity index (χ0v) is 22.5. The molecule has 0 bridgehead atoms. The minimum Gasteiger partial charge on any atom is -0.370 e. The van der Waals surface area contributed by atoms with Crippen molar-refractivity contribution >= 4 is 21.8 Å². The average molecular weight is 517 g/mol. The normalized spacial score (nSPS) is 14.7. The van der Waals surface area contributed by atoms with E-state index in [4.69, 9.17) is 5.11 Å². The average Bonchev–Trinajstić information content (AvgIpc) is 3.62. The molecule has 6 rings (SSSR count). The van der Waals surface area contributed by atoms with Crippen LogP contribution in [0.2, 0.25) is 0 Å². The molecule has 6 nitrogen and oxygen atoms in total. The molecule has 0 saturated heterocycles. The molecule has 5 aromatic rings. The molecule has 0 atom stereocenters. The largest absolute Gasteiger partial charge is 0.370 e. The van der Waals surface area contributed by atoms with Crippen LogP contribution in [0.5, 0.6) is 0 Å². The molecule has 0 aliphatic carbocycles. The second kappa shape index (κ2) is 11.2. The second-order valence-corrected chi connectivity index (χ2v) is 10.4. The van der Waals surface area contributed by atoms with Crippen LogP contribution in [0.1, 0.15) is 56.0 Å². The molecular formula is C33H36N6. The van der Waals surface area contributed by atoms with Gasteiger partial charge in [-0.05, 0) is 59.9 Å². The van der Waals surface area contributed by atoms with Gasteiger partial charge in [-0.1, -0.05) is 98.1 Å². The van der Waals surface area contributed by atoms with Gasteiger partial charge in [0, 0.05) is 23.2 Å². The molecule has 4 N–H and O–H groups in total. The summed E-state index contributed by atoms with van der Waals surface area (Å²) < 4.78 is 0. The third-order valence-electron chi connectivity index (χ3n) is 7.78. The Kier molecular flexibility index (Phi) is 7.17. The van der Waals surface area contributed by atoms with Gasteiger partial charge in [0.2, 0.25) is 0 Å². The van der Waals surface area contributed by atoms with Crippen molar-refractivity contribution in [3.05, 3.63) is 119 Å². The van der Waals surface area contributed by atoms with Gasteiger partial charge in [0.15, 0.2) is 5.54 Å². The van der Waals surface area contributed by atoms with Gasteiger partial charge in [-0.25, -0.2) is 5.43 Å².